The first-order valence-electron chi connectivity index (χ1n) is 7.42. The maximum Gasteiger partial charge on any atom is 0.0751 e. The minimum absolute atomic E-state index is 0.685. The van der Waals surface area contributed by atoms with Gasteiger partial charge in [0.2, 0.25) is 0 Å². The average molecular weight is 252 g/mol. The van der Waals surface area contributed by atoms with Crippen molar-refractivity contribution in [3.05, 3.63) is 36.0 Å². The van der Waals surface area contributed by atoms with Crippen LogP contribution >= 0.6 is 0 Å². The lowest BCUT2D eigenvalue weighted by atomic mass is 9.95. The van der Waals surface area contributed by atoms with E-state index in [1.54, 1.807) is 0 Å². The van der Waals surface area contributed by atoms with E-state index in [1.807, 2.05) is 12.3 Å². The largest absolute Gasteiger partial charge is 0.381 e. The minimum atomic E-state index is 0.685. The van der Waals surface area contributed by atoms with E-state index in [-0.39, 0.29) is 0 Å². The van der Waals surface area contributed by atoms with E-state index in [4.69, 9.17) is 0 Å². The first-order chi connectivity index (χ1) is 9.31. The van der Waals surface area contributed by atoms with Crippen molar-refractivity contribution in [3.63, 3.8) is 0 Å². The molecule has 3 unspecified atom stereocenters. The standard InChI is InChI=1S/C17H20N2/c1-11-4-7-15(14-3-2-8-18-17(11)14)19-16-10-12-5-6-13(16)9-12/h2-4,7-8,12-13,16,19H,5-6,9-10H2,1H3. The summed E-state index contributed by atoms with van der Waals surface area (Å²) < 4.78 is 0. The highest BCUT2D eigenvalue weighted by molar-refractivity contribution is 5.93. The van der Waals surface area contributed by atoms with Crippen LogP contribution in [0.4, 0.5) is 5.69 Å². The molecule has 1 N–H and O–H groups in total. The number of nitrogens with zero attached hydrogens (tertiary/aromatic N) is 1. The van der Waals surface area contributed by atoms with Gasteiger partial charge in [-0.25, -0.2) is 0 Å². The molecule has 2 fully saturated rings. The van der Waals surface area contributed by atoms with Crippen LogP contribution in [0.3, 0.4) is 0 Å². The summed E-state index contributed by atoms with van der Waals surface area (Å²) in [6, 6.07) is 9.32. The molecule has 2 bridgehead atoms. The van der Waals surface area contributed by atoms with Crippen LogP contribution in [0.1, 0.15) is 31.2 Å². The van der Waals surface area contributed by atoms with Crippen molar-refractivity contribution in [1.82, 2.24) is 4.98 Å². The summed E-state index contributed by atoms with van der Waals surface area (Å²) in [4.78, 5) is 4.52. The summed E-state index contributed by atoms with van der Waals surface area (Å²) in [6.07, 6.45) is 7.57. The Balaban J connectivity index is 1.70. The van der Waals surface area contributed by atoms with Crippen molar-refractivity contribution < 1.29 is 0 Å². The summed E-state index contributed by atoms with van der Waals surface area (Å²) in [5.74, 6) is 1.88. The maximum atomic E-state index is 4.52. The van der Waals surface area contributed by atoms with E-state index in [0.717, 1.165) is 17.4 Å². The fraction of sp³-hybridized carbons (Fsp3) is 0.471. The molecule has 98 valence electrons. The molecule has 0 aliphatic heterocycles. The number of aromatic nitrogens is 1. The molecule has 2 aromatic rings. The molecular formula is C17H20N2. The van der Waals surface area contributed by atoms with Gasteiger partial charge in [0.15, 0.2) is 0 Å². The Labute approximate surface area is 114 Å². The normalized spacial score (nSPS) is 29.0. The summed E-state index contributed by atoms with van der Waals surface area (Å²) >= 11 is 0. The number of pyridine rings is 1. The zero-order chi connectivity index (χ0) is 12.8. The van der Waals surface area contributed by atoms with Crippen LogP contribution in [0.2, 0.25) is 0 Å². The molecule has 3 atom stereocenters. The zero-order valence-electron chi connectivity index (χ0n) is 11.4. The summed E-state index contributed by atoms with van der Waals surface area (Å²) in [6.45, 7) is 2.14. The van der Waals surface area contributed by atoms with Gasteiger partial charge < -0.3 is 5.32 Å². The van der Waals surface area contributed by atoms with Gasteiger partial charge in [0.1, 0.15) is 0 Å². The Bertz CT molecular complexity index is 620. The van der Waals surface area contributed by atoms with Crippen LogP contribution in [0.15, 0.2) is 30.5 Å². The van der Waals surface area contributed by atoms with Crippen molar-refractivity contribution >= 4 is 16.6 Å². The van der Waals surface area contributed by atoms with Crippen LogP contribution in [-0.4, -0.2) is 11.0 Å². The van der Waals surface area contributed by atoms with Gasteiger partial charge in [0.05, 0.1) is 5.52 Å². The lowest BCUT2D eigenvalue weighted by Gasteiger charge is -2.25. The Morgan fingerprint density at radius 3 is 2.89 bits per heavy atom. The monoisotopic (exact) mass is 252 g/mol. The van der Waals surface area contributed by atoms with Crippen molar-refractivity contribution in [2.45, 2.75) is 38.6 Å². The van der Waals surface area contributed by atoms with Gasteiger partial charge in [-0.3, -0.25) is 4.98 Å². The van der Waals surface area contributed by atoms with Crippen LogP contribution in [0.25, 0.3) is 10.9 Å². The number of nitrogens with one attached hydrogen (secondary N) is 1. The van der Waals surface area contributed by atoms with E-state index in [2.05, 4.69) is 35.4 Å². The number of hydrogen-bond acceptors (Lipinski definition) is 2. The van der Waals surface area contributed by atoms with Gasteiger partial charge in [0.25, 0.3) is 0 Å². The number of anilines is 1. The molecule has 19 heavy (non-hydrogen) atoms. The molecule has 2 saturated carbocycles. The fourth-order valence-electron chi connectivity index (χ4n) is 4.06. The van der Waals surface area contributed by atoms with E-state index in [0.29, 0.717) is 6.04 Å². The summed E-state index contributed by atoms with van der Waals surface area (Å²) in [5.41, 5.74) is 3.66. The first kappa shape index (κ1) is 11.3. The second-order valence-electron chi connectivity index (χ2n) is 6.26. The lowest BCUT2D eigenvalue weighted by molar-refractivity contribution is 0.440. The number of rotatable bonds is 2. The average Bonchev–Trinajstić information content (AvgIpc) is 3.05. The molecule has 0 saturated heterocycles. The van der Waals surface area contributed by atoms with E-state index < -0.39 is 0 Å². The number of fused-ring (bicyclic) bond motifs is 3. The van der Waals surface area contributed by atoms with Crippen molar-refractivity contribution in [2.24, 2.45) is 11.8 Å². The minimum Gasteiger partial charge on any atom is -0.381 e. The number of hydrogen-bond donors (Lipinski definition) is 1. The molecule has 4 rings (SSSR count). The Kier molecular flexibility index (Phi) is 2.51. The molecule has 1 aromatic heterocycles. The second kappa shape index (κ2) is 4.22. The van der Waals surface area contributed by atoms with Gasteiger partial charge in [-0.1, -0.05) is 12.5 Å². The highest BCUT2D eigenvalue weighted by Crippen LogP contribution is 2.45. The molecular weight excluding hydrogens is 232 g/mol. The van der Waals surface area contributed by atoms with Crippen LogP contribution < -0.4 is 5.32 Å². The highest BCUT2D eigenvalue weighted by Gasteiger charge is 2.39. The molecule has 2 heteroatoms. The Morgan fingerprint density at radius 2 is 2.11 bits per heavy atom. The molecule has 2 aliphatic rings. The predicted octanol–water partition coefficient (Wildman–Crippen LogP) is 4.14. The van der Waals surface area contributed by atoms with Crippen molar-refractivity contribution in [2.75, 3.05) is 5.32 Å². The molecule has 2 nitrogen and oxygen atoms in total. The third-order valence-corrected chi connectivity index (χ3v) is 5.05. The molecule has 1 aromatic carbocycles. The van der Waals surface area contributed by atoms with Crippen molar-refractivity contribution in [3.8, 4) is 0 Å². The van der Waals surface area contributed by atoms with Crippen LogP contribution in [0, 0.1) is 18.8 Å². The molecule has 0 amide bonds. The Morgan fingerprint density at radius 1 is 1.16 bits per heavy atom. The molecule has 2 aliphatic carbocycles. The SMILES string of the molecule is Cc1ccc(NC2CC3CCC2C3)c2cccnc12. The molecule has 0 spiro atoms. The van der Waals surface area contributed by atoms with Gasteiger partial charge in [-0.2, -0.15) is 0 Å². The first-order valence-corrected chi connectivity index (χ1v) is 7.42. The fourth-order valence-corrected chi connectivity index (χ4v) is 4.06. The zero-order valence-corrected chi connectivity index (χ0v) is 11.4. The predicted molar refractivity (Wildman–Crippen MR) is 79.3 cm³/mol. The lowest BCUT2D eigenvalue weighted by Crippen LogP contribution is -2.25. The molecule has 1 heterocycles. The third-order valence-electron chi connectivity index (χ3n) is 5.05. The van der Waals surface area contributed by atoms with E-state index in [1.165, 1.54) is 42.3 Å². The number of benzene rings is 1. The van der Waals surface area contributed by atoms with Crippen LogP contribution in [0.5, 0.6) is 0 Å². The third kappa shape index (κ3) is 1.81. The summed E-state index contributed by atoms with van der Waals surface area (Å²) in [5, 5.41) is 5.07. The van der Waals surface area contributed by atoms with Crippen LogP contribution in [-0.2, 0) is 0 Å². The van der Waals surface area contributed by atoms with E-state index >= 15 is 0 Å². The van der Waals surface area contributed by atoms with E-state index in [9.17, 15) is 0 Å². The van der Waals surface area contributed by atoms with Gasteiger partial charge in [-0.05, 0) is 61.8 Å². The number of aryl methyl sites for hydroxylation is 1. The Hall–Kier alpha value is -1.57. The summed E-state index contributed by atoms with van der Waals surface area (Å²) in [7, 11) is 0. The van der Waals surface area contributed by atoms with Gasteiger partial charge >= 0.3 is 0 Å². The smallest absolute Gasteiger partial charge is 0.0751 e. The molecule has 0 radical (unpaired) electrons. The highest BCUT2D eigenvalue weighted by atomic mass is 14.9. The van der Waals surface area contributed by atoms with Crippen molar-refractivity contribution in [1.29, 1.82) is 0 Å². The maximum absolute atomic E-state index is 4.52. The quantitative estimate of drug-likeness (QED) is 0.868. The van der Waals surface area contributed by atoms with Gasteiger partial charge in [-0.15, -0.1) is 0 Å². The second-order valence-corrected chi connectivity index (χ2v) is 6.26. The van der Waals surface area contributed by atoms with Gasteiger partial charge in [0, 0.05) is 23.3 Å². The topological polar surface area (TPSA) is 24.9 Å².